The van der Waals surface area contributed by atoms with Crippen LogP contribution in [0, 0.1) is 0 Å². The van der Waals surface area contributed by atoms with Gasteiger partial charge in [0.2, 0.25) is 0 Å². The van der Waals surface area contributed by atoms with Crippen LogP contribution < -0.4 is 0 Å². The van der Waals surface area contributed by atoms with Crippen molar-refractivity contribution in [2.24, 2.45) is 0 Å². The zero-order chi connectivity index (χ0) is 16.6. The fourth-order valence-electron chi connectivity index (χ4n) is 1.97. The number of allylic oxidation sites excluding steroid dienone is 2. The number of ether oxygens (including phenoxy) is 1. The molecule has 0 aromatic carbocycles. The van der Waals surface area contributed by atoms with E-state index in [2.05, 4.69) is 6.08 Å². The molecule has 5 nitrogen and oxygen atoms in total. The Labute approximate surface area is 134 Å². The molecule has 0 heterocycles. The van der Waals surface area contributed by atoms with E-state index in [1.165, 1.54) is 6.26 Å². The van der Waals surface area contributed by atoms with Gasteiger partial charge in [-0.15, -0.1) is 0 Å². The molecular formula is C16H29O5P. The van der Waals surface area contributed by atoms with E-state index in [9.17, 15) is 4.57 Å². The maximum absolute atomic E-state index is 12.6. The lowest BCUT2D eigenvalue weighted by atomic mass is 9.98. The first-order valence-electron chi connectivity index (χ1n) is 7.95. The number of phosphoric ester groups is 1. The first-order valence-corrected chi connectivity index (χ1v) is 9.42. The zero-order valence-electron chi connectivity index (χ0n) is 14.4. The van der Waals surface area contributed by atoms with Gasteiger partial charge in [-0.3, -0.25) is 9.05 Å². The summed E-state index contributed by atoms with van der Waals surface area (Å²) in [7, 11) is -3.61. The first kappa shape index (κ1) is 19.3. The SMILES string of the molecule is CCOP(=O)(OCC)O/C(=C\OC(C)(C)C)C1=CCCCC1. The topological polar surface area (TPSA) is 54.0 Å². The molecule has 1 rings (SSSR count). The third kappa shape index (κ3) is 6.99. The summed E-state index contributed by atoms with van der Waals surface area (Å²) in [6, 6.07) is 0. The number of phosphoric acid groups is 1. The zero-order valence-corrected chi connectivity index (χ0v) is 15.3. The third-order valence-corrected chi connectivity index (χ3v) is 4.48. The molecule has 0 atom stereocenters. The summed E-state index contributed by atoms with van der Waals surface area (Å²) in [4.78, 5) is 0. The van der Waals surface area contributed by atoms with Gasteiger partial charge in [0.15, 0.2) is 5.76 Å². The Kier molecular flexibility index (Phi) is 7.67. The van der Waals surface area contributed by atoms with Crippen molar-refractivity contribution < 1.29 is 22.9 Å². The molecule has 0 aliphatic heterocycles. The second-order valence-electron chi connectivity index (χ2n) is 6.06. The number of hydrogen-bond acceptors (Lipinski definition) is 5. The van der Waals surface area contributed by atoms with E-state index in [1.54, 1.807) is 13.8 Å². The highest BCUT2D eigenvalue weighted by Gasteiger charge is 2.30. The van der Waals surface area contributed by atoms with Crippen LogP contribution in [0.5, 0.6) is 0 Å². The Morgan fingerprint density at radius 2 is 1.86 bits per heavy atom. The molecule has 0 fully saturated rings. The second kappa shape index (κ2) is 8.76. The van der Waals surface area contributed by atoms with Crippen molar-refractivity contribution in [3.63, 3.8) is 0 Å². The minimum atomic E-state index is -3.61. The van der Waals surface area contributed by atoms with Gasteiger partial charge < -0.3 is 9.26 Å². The molecule has 0 N–H and O–H groups in total. The Morgan fingerprint density at radius 3 is 2.32 bits per heavy atom. The van der Waals surface area contributed by atoms with Crippen molar-refractivity contribution in [3.8, 4) is 0 Å². The molecule has 0 saturated heterocycles. The van der Waals surface area contributed by atoms with Crippen LogP contribution in [0.15, 0.2) is 23.7 Å². The quantitative estimate of drug-likeness (QED) is 0.443. The standard InChI is InChI=1S/C16H29O5P/c1-6-19-22(17,20-7-2)21-15(13-18-16(3,4)5)14-11-9-8-10-12-14/h11,13H,6-10,12H2,1-5H3/b15-13-. The summed E-state index contributed by atoms with van der Waals surface area (Å²) in [6.07, 6.45) is 7.73. The Balaban J connectivity index is 2.98. The molecule has 0 unspecified atom stereocenters. The van der Waals surface area contributed by atoms with E-state index in [1.807, 2.05) is 20.8 Å². The monoisotopic (exact) mass is 332 g/mol. The predicted molar refractivity (Wildman–Crippen MR) is 87.4 cm³/mol. The maximum Gasteiger partial charge on any atom is 0.530 e. The number of rotatable bonds is 8. The molecule has 0 spiro atoms. The molecular weight excluding hydrogens is 303 g/mol. The highest BCUT2D eigenvalue weighted by Crippen LogP contribution is 2.52. The van der Waals surface area contributed by atoms with Crippen LogP contribution in [0.4, 0.5) is 0 Å². The van der Waals surface area contributed by atoms with E-state index < -0.39 is 7.82 Å². The van der Waals surface area contributed by atoms with Gasteiger partial charge in [-0.1, -0.05) is 6.08 Å². The van der Waals surface area contributed by atoms with Crippen molar-refractivity contribution in [2.75, 3.05) is 13.2 Å². The molecule has 0 bridgehead atoms. The highest BCUT2D eigenvalue weighted by atomic mass is 31.2. The smallest absolute Gasteiger partial charge is 0.492 e. The van der Waals surface area contributed by atoms with Crippen LogP contribution in [-0.4, -0.2) is 18.8 Å². The highest BCUT2D eigenvalue weighted by molar-refractivity contribution is 7.48. The fourth-order valence-corrected chi connectivity index (χ4v) is 3.19. The fraction of sp³-hybridized carbons (Fsp3) is 0.750. The number of hydrogen-bond donors (Lipinski definition) is 0. The van der Waals surface area contributed by atoms with Crippen molar-refractivity contribution >= 4 is 7.82 Å². The maximum atomic E-state index is 12.6. The summed E-state index contributed by atoms with van der Waals surface area (Å²) in [6.45, 7) is 9.85. The van der Waals surface area contributed by atoms with Gasteiger partial charge in [0.05, 0.1) is 18.8 Å². The van der Waals surface area contributed by atoms with Crippen molar-refractivity contribution in [1.29, 1.82) is 0 Å². The van der Waals surface area contributed by atoms with Gasteiger partial charge in [0.1, 0.15) is 6.26 Å². The van der Waals surface area contributed by atoms with Crippen molar-refractivity contribution in [2.45, 2.75) is 65.9 Å². The van der Waals surface area contributed by atoms with Gasteiger partial charge in [0, 0.05) is 0 Å². The average molecular weight is 332 g/mol. The van der Waals surface area contributed by atoms with E-state index >= 15 is 0 Å². The molecule has 0 aromatic heterocycles. The molecule has 1 aliphatic carbocycles. The van der Waals surface area contributed by atoms with Crippen LogP contribution >= 0.6 is 7.82 Å². The van der Waals surface area contributed by atoms with Gasteiger partial charge in [0.25, 0.3) is 0 Å². The molecule has 0 radical (unpaired) electrons. The Morgan fingerprint density at radius 1 is 1.23 bits per heavy atom. The minimum absolute atomic E-state index is 0.254. The van der Waals surface area contributed by atoms with Crippen molar-refractivity contribution in [3.05, 3.63) is 23.7 Å². The van der Waals surface area contributed by atoms with Gasteiger partial charge in [-0.05, 0) is 65.9 Å². The normalized spacial score (nSPS) is 17.1. The first-order chi connectivity index (χ1) is 10.3. The van der Waals surface area contributed by atoms with Crippen LogP contribution in [0.2, 0.25) is 0 Å². The lowest BCUT2D eigenvalue weighted by Crippen LogP contribution is -2.16. The summed E-state index contributed by atoms with van der Waals surface area (Å²) in [5.41, 5.74) is 0.639. The molecule has 22 heavy (non-hydrogen) atoms. The molecule has 0 saturated carbocycles. The minimum Gasteiger partial charge on any atom is -0.492 e. The summed E-state index contributed by atoms with van der Waals surface area (Å²) in [5, 5.41) is 0. The molecule has 0 aromatic rings. The molecule has 0 amide bonds. The molecule has 128 valence electrons. The van der Waals surface area contributed by atoms with E-state index in [0.29, 0.717) is 5.76 Å². The van der Waals surface area contributed by atoms with Crippen molar-refractivity contribution in [1.82, 2.24) is 0 Å². The van der Waals surface area contributed by atoms with E-state index in [4.69, 9.17) is 18.3 Å². The van der Waals surface area contributed by atoms with Crippen LogP contribution in [0.25, 0.3) is 0 Å². The summed E-state index contributed by atoms with van der Waals surface area (Å²) >= 11 is 0. The lowest BCUT2D eigenvalue weighted by Gasteiger charge is -2.24. The van der Waals surface area contributed by atoms with Gasteiger partial charge >= 0.3 is 7.82 Å². The van der Waals surface area contributed by atoms with Gasteiger partial charge in [-0.25, -0.2) is 4.57 Å². The Hall–Kier alpha value is -0.770. The predicted octanol–water partition coefficient (Wildman–Crippen LogP) is 5.34. The van der Waals surface area contributed by atoms with Gasteiger partial charge in [-0.2, -0.15) is 0 Å². The molecule has 6 heteroatoms. The van der Waals surface area contributed by atoms with Crippen LogP contribution in [0.1, 0.15) is 60.3 Å². The third-order valence-electron chi connectivity index (χ3n) is 2.91. The average Bonchev–Trinajstić information content (AvgIpc) is 2.44. The summed E-state index contributed by atoms with van der Waals surface area (Å²) in [5.74, 6) is 0.444. The largest absolute Gasteiger partial charge is 0.530 e. The van der Waals surface area contributed by atoms with E-state index in [0.717, 1.165) is 31.3 Å². The molecule has 1 aliphatic rings. The second-order valence-corrected chi connectivity index (χ2v) is 7.65. The summed E-state index contributed by atoms with van der Waals surface area (Å²) < 4.78 is 34.3. The Bertz CT molecular complexity index is 438. The van der Waals surface area contributed by atoms with E-state index in [-0.39, 0.29) is 18.8 Å². The lowest BCUT2D eigenvalue weighted by molar-refractivity contribution is 0.0672. The van der Waals surface area contributed by atoms with Crippen LogP contribution in [-0.2, 0) is 22.9 Å². The van der Waals surface area contributed by atoms with Crippen LogP contribution in [0.3, 0.4) is 0 Å².